The molecule has 0 aromatic heterocycles. The van der Waals surface area contributed by atoms with Crippen LogP contribution in [0.4, 0.5) is 26.3 Å². The molecule has 0 bridgehead atoms. The Morgan fingerprint density at radius 2 is 1.69 bits per heavy atom. The van der Waals surface area contributed by atoms with E-state index in [9.17, 15) is 36.4 Å². The normalized spacial score (nSPS) is 29.2. The van der Waals surface area contributed by atoms with Crippen LogP contribution < -0.4 is 5.32 Å². The minimum absolute atomic E-state index is 0.0717. The van der Waals surface area contributed by atoms with Gasteiger partial charge in [-0.05, 0) is 75.3 Å². The molecule has 3 fully saturated rings. The molecule has 1 N–H and O–H groups in total. The monoisotopic (exact) mass is 517 g/mol. The molecule has 198 valence electrons. The molecule has 0 spiro atoms. The van der Waals surface area contributed by atoms with E-state index >= 15 is 0 Å². The summed E-state index contributed by atoms with van der Waals surface area (Å²) in [5, 5.41) is 12.0. The Labute approximate surface area is 205 Å². The van der Waals surface area contributed by atoms with E-state index in [1.165, 1.54) is 0 Å². The molecule has 4 unspecified atom stereocenters. The summed E-state index contributed by atoms with van der Waals surface area (Å²) in [7, 11) is 2.02. The molecule has 5 nitrogen and oxygen atoms in total. The van der Waals surface area contributed by atoms with Crippen LogP contribution in [0.2, 0.25) is 0 Å². The molecule has 36 heavy (non-hydrogen) atoms. The van der Waals surface area contributed by atoms with E-state index in [1.54, 1.807) is 0 Å². The van der Waals surface area contributed by atoms with Crippen LogP contribution >= 0.6 is 0 Å². The molecule has 1 saturated heterocycles. The zero-order valence-corrected chi connectivity index (χ0v) is 19.9. The van der Waals surface area contributed by atoms with Gasteiger partial charge < -0.3 is 15.0 Å². The molecule has 2 aliphatic carbocycles. The number of benzene rings is 1. The number of hydrogen-bond donors (Lipinski definition) is 1. The quantitative estimate of drug-likeness (QED) is 0.531. The van der Waals surface area contributed by atoms with Gasteiger partial charge in [0.05, 0.1) is 28.5 Å². The van der Waals surface area contributed by atoms with Gasteiger partial charge in [0, 0.05) is 31.8 Å². The maximum Gasteiger partial charge on any atom is 0.416 e. The van der Waals surface area contributed by atoms with Crippen molar-refractivity contribution >= 4 is 5.91 Å². The summed E-state index contributed by atoms with van der Waals surface area (Å²) in [6.07, 6.45) is -5.81. The second kappa shape index (κ2) is 9.86. The Hall–Kier alpha value is -2.32. The van der Waals surface area contributed by atoms with E-state index in [0.29, 0.717) is 50.7 Å². The highest BCUT2D eigenvalue weighted by atomic mass is 19.4. The summed E-state index contributed by atoms with van der Waals surface area (Å²) in [5.41, 5.74) is -3.97. The summed E-state index contributed by atoms with van der Waals surface area (Å²) < 4.78 is 84.7. The molecule has 2 saturated carbocycles. The largest absolute Gasteiger partial charge is 0.416 e. The fourth-order valence-electron chi connectivity index (χ4n) is 5.93. The van der Waals surface area contributed by atoms with Gasteiger partial charge >= 0.3 is 12.4 Å². The van der Waals surface area contributed by atoms with E-state index in [0.717, 1.165) is 19.3 Å². The van der Waals surface area contributed by atoms with Gasteiger partial charge in [0.15, 0.2) is 0 Å². The lowest BCUT2D eigenvalue weighted by molar-refractivity contribution is -0.143. The number of nitrogens with one attached hydrogen (secondary N) is 1. The van der Waals surface area contributed by atoms with Gasteiger partial charge in [-0.2, -0.15) is 31.6 Å². The van der Waals surface area contributed by atoms with Gasteiger partial charge in [-0.3, -0.25) is 4.79 Å². The van der Waals surface area contributed by atoms with E-state index in [-0.39, 0.29) is 29.5 Å². The zero-order valence-electron chi connectivity index (χ0n) is 19.9. The van der Waals surface area contributed by atoms with Gasteiger partial charge in [0.2, 0.25) is 5.91 Å². The summed E-state index contributed by atoms with van der Waals surface area (Å²) in [6.45, 7) is 0.880. The highest BCUT2D eigenvalue weighted by molar-refractivity contribution is 5.84. The van der Waals surface area contributed by atoms with Crippen molar-refractivity contribution in [3.8, 4) is 6.07 Å². The van der Waals surface area contributed by atoms with Crippen LogP contribution in [0, 0.1) is 28.6 Å². The summed E-state index contributed by atoms with van der Waals surface area (Å²) in [5.74, 6) is -0.838. The topological polar surface area (TPSA) is 65.4 Å². The van der Waals surface area contributed by atoms with Crippen LogP contribution in [0.15, 0.2) is 18.2 Å². The number of hydrogen-bond acceptors (Lipinski definition) is 4. The minimum atomic E-state index is -4.96. The number of nitriles is 1. The van der Waals surface area contributed by atoms with E-state index < -0.39 is 41.3 Å². The third-order valence-electron chi connectivity index (χ3n) is 8.09. The Bertz CT molecular complexity index is 982. The molecule has 4 rings (SSSR count). The molecular weight excluding hydrogens is 488 g/mol. The highest BCUT2D eigenvalue weighted by Crippen LogP contribution is 2.59. The second-order valence-electron chi connectivity index (χ2n) is 10.2. The van der Waals surface area contributed by atoms with E-state index in [4.69, 9.17) is 4.74 Å². The van der Waals surface area contributed by atoms with Crippen molar-refractivity contribution in [2.75, 3.05) is 20.3 Å². The smallest absolute Gasteiger partial charge is 0.381 e. The number of carbonyl (C=O) groups is 1. The first-order valence-corrected chi connectivity index (χ1v) is 12.1. The van der Waals surface area contributed by atoms with Crippen LogP contribution in [-0.2, 0) is 28.4 Å². The first kappa shape index (κ1) is 26.7. The fraction of sp³-hybridized carbons (Fsp3) is 0.680. The Morgan fingerprint density at radius 3 is 2.22 bits per heavy atom. The Kier molecular flexibility index (Phi) is 7.32. The Balaban J connectivity index is 1.52. The molecule has 1 amide bonds. The third kappa shape index (κ3) is 5.49. The molecule has 1 aliphatic heterocycles. The van der Waals surface area contributed by atoms with Crippen molar-refractivity contribution < 1.29 is 35.9 Å². The molecule has 11 heteroatoms. The summed E-state index contributed by atoms with van der Waals surface area (Å²) in [4.78, 5) is 15.8. The highest BCUT2D eigenvalue weighted by Gasteiger charge is 2.60. The number of rotatable bonds is 6. The molecular formula is C25H29F6N3O2. The average molecular weight is 518 g/mol. The van der Waals surface area contributed by atoms with Crippen LogP contribution in [-0.4, -0.2) is 43.2 Å². The molecule has 1 aromatic carbocycles. The minimum Gasteiger partial charge on any atom is -0.381 e. The fourth-order valence-corrected chi connectivity index (χ4v) is 5.93. The molecule has 1 heterocycles. The molecule has 0 radical (unpaired) electrons. The third-order valence-corrected chi connectivity index (χ3v) is 8.09. The first-order valence-electron chi connectivity index (χ1n) is 12.1. The number of nitrogens with zero attached hydrogens (tertiary/aromatic N) is 2. The predicted octanol–water partition coefficient (Wildman–Crippen LogP) is 5.15. The summed E-state index contributed by atoms with van der Waals surface area (Å²) in [6, 6.07) is 3.97. The van der Waals surface area contributed by atoms with Gasteiger partial charge in [0.25, 0.3) is 0 Å². The van der Waals surface area contributed by atoms with Gasteiger partial charge in [-0.1, -0.05) is 0 Å². The number of alkyl halides is 6. The maximum absolute atomic E-state index is 13.5. The van der Waals surface area contributed by atoms with Crippen LogP contribution in [0.3, 0.4) is 0 Å². The van der Waals surface area contributed by atoms with Crippen molar-refractivity contribution in [3.63, 3.8) is 0 Å². The first-order chi connectivity index (χ1) is 16.8. The van der Waals surface area contributed by atoms with Crippen molar-refractivity contribution in [2.45, 2.75) is 69.5 Å². The molecule has 1 aromatic rings. The number of ether oxygens (including phenoxy) is 1. The van der Waals surface area contributed by atoms with Crippen LogP contribution in [0.25, 0.3) is 0 Å². The van der Waals surface area contributed by atoms with Gasteiger partial charge in [0.1, 0.15) is 0 Å². The second-order valence-corrected chi connectivity index (χ2v) is 10.2. The number of halogens is 6. The van der Waals surface area contributed by atoms with Crippen molar-refractivity contribution in [1.29, 1.82) is 5.26 Å². The SMILES string of the molecule is CN(C1CCOCC1)C1CCC(C(=O)NCc2cc(C(F)(F)F)cc(C(F)(F)F)c2)(C2CC2C#N)C1. The van der Waals surface area contributed by atoms with Crippen LogP contribution in [0.5, 0.6) is 0 Å². The molecule has 4 atom stereocenters. The van der Waals surface area contributed by atoms with Gasteiger partial charge in [-0.25, -0.2) is 0 Å². The summed E-state index contributed by atoms with van der Waals surface area (Å²) >= 11 is 0. The maximum atomic E-state index is 13.5. The van der Waals surface area contributed by atoms with Gasteiger partial charge in [-0.15, -0.1) is 0 Å². The standard InChI is InChI=1S/C25H29F6N3O2/c1-34(19-3-6-36-7-4-19)20-2-5-23(12-20,21-10-16(21)13-32)22(35)33-14-15-8-17(24(26,27)28)11-18(9-15)25(29,30)31/h8-9,11,16,19-21H,2-7,10,12,14H2,1H3,(H,33,35). The van der Waals surface area contributed by atoms with Crippen molar-refractivity contribution in [1.82, 2.24) is 10.2 Å². The number of carbonyl (C=O) groups excluding carboxylic acids is 1. The predicted molar refractivity (Wildman–Crippen MR) is 117 cm³/mol. The zero-order chi connectivity index (χ0) is 26.3. The Morgan fingerprint density at radius 1 is 1.08 bits per heavy atom. The number of amides is 1. The lowest BCUT2D eigenvalue weighted by Crippen LogP contribution is -2.45. The van der Waals surface area contributed by atoms with Crippen LogP contribution in [0.1, 0.15) is 55.2 Å². The van der Waals surface area contributed by atoms with E-state index in [1.807, 2.05) is 7.05 Å². The lowest BCUT2D eigenvalue weighted by atomic mass is 9.78. The van der Waals surface area contributed by atoms with Crippen molar-refractivity contribution in [2.24, 2.45) is 17.3 Å². The average Bonchev–Trinajstić information content (AvgIpc) is 3.51. The molecule has 3 aliphatic rings. The lowest BCUT2D eigenvalue weighted by Gasteiger charge is -2.36. The van der Waals surface area contributed by atoms with E-state index in [2.05, 4.69) is 16.3 Å². The van der Waals surface area contributed by atoms with Crippen molar-refractivity contribution in [3.05, 3.63) is 34.9 Å².